The summed E-state index contributed by atoms with van der Waals surface area (Å²) in [7, 11) is 0.871. The molecule has 0 aromatic carbocycles. The lowest BCUT2D eigenvalue weighted by molar-refractivity contribution is -0.140. The zero-order valence-corrected chi connectivity index (χ0v) is 10.6. The molecule has 0 amide bonds. The van der Waals surface area contributed by atoms with Gasteiger partial charge in [-0.1, -0.05) is 6.42 Å². The van der Waals surface area contributed by atoms with Crippen LogP contribution in [-0.2, 0) is 9.53 Å². The lowest BCUT2D eigenvalue weighted by Gasteiger charge is -2.26. The van der Waals surface area contributed by atoms with Gasteiger partial charge in [-0.05, 0) is 32.6 Å². The summed E-state index contributed by atoms with van der Waals surface area (Å²) in [5.41, 5.74) is 0. The van der Waals surface area contributed by atoms with E-state index in [1.54, 1.807) is 6.82 Å². The van der Waals surface area contributed by atoms with Gasteiger partial charge in [0.2, 0.25) is 0 Å². The summed E-state index contributed by atoms with van der Waals surface area (Å²) in [6.07, 6.45) is 3.22. The minimum atomic E-state index is -0.516. The van der Waals surface area contributed by atoms with E-state index in [1.807, 2.05) is 4.81 Å². The standard InChI is InChI=1S/C11H22BNO4/c1-12(16)13-8-7-10(14)9(13)5-3-4-6-11(15)17-2/h9-10,14,16H,3-8H2,1-2H3/t9-,10?/m0/s1. The van der Waals surface area contributed by atoms with Gasteiger partial charge in [-0.3, -0.25) is 4.79 Å². The molecule has 6 heteroatoms. The van der Waals surface area contributed by atoms with Crippen LogP contribution in [0.3, 0.4) is 0 Å². The number of carbonyl (C=O) groups excluding carboxylic acids is 1. The van der Waals surface area contributed by atoms with Crippen molar-refractivity contribution >= 4 is 13.0 Å². The molecular weight excluding hydrogens is 221 g/mol. The fourth-order valence-electron chi connectivity index (χ4n) is 2.41. The zero-order chi connectivity index (χ0) is 12.8. The molecule has 98 valence electrons. The Hall–Kier alpha value is -0.585. The van der Waals surface area contributed by atoms with E-state index >= 15 is 0 Å². The van der Waals surface area contributed by atoms with Crippen LogP contribution in [0, 0.1) is 0 Å². The van der Waals surface area contributed by atoms with Gasteiger partial charge in [0.25, 0.3) is 0 Å². The van der Waals surface area contributed by atoms with E-state index in [0.29, 0.717) is 12.8 Å². The van der Waals surface area contributed by atoms with Gasteiger partial charge in [0.1, 0.15) is 0 Å². The SMILES string of the molecule is COC(=O)CCCC[C@H]1C(O)CCN1B(C)O. The predicted molar refractivity (Wildman–Crippen MR) is 65.4 cm³/mol. The van der Waals surface area contributed by atoms with Gasteiger partial charge in [-0.2, -0.15) is 0 Å². The number of aliphatic hydroxyl groups excluding tert-OH is 1. The summed E-state index contributed by atoms with van der Waals surface area (Å²) in [5.74, 6) is -0.190. The van der Waals surface area contributed by atoms with Crippen LogP contribution < -0.4 is 0 Å². The van der Waals surface area contributed by atoms with E-state index in [9.17, 15) is 14.9 Å². The molecule has 0 aromatic heterocycles. The molecule has 1 fully saturated rings. The highest BCUT2D eigenvalue weighted by Gasteiger charge is 2.35. The number of methoxy groups -OCH3 is 1. The van der Waals surface area contributed by atoms with Gasteiger partial charge in [0, 0.05) is 12.5 Å². The average Bonchev–Trinajstić information content (AvgIpc) is 2.66. The molecule has 0 spiro atoms. The Morgan fingerprint density at radius 2 is 2.24 bits per heavy atom. The maximum atomic E-state index is 10.9. The van der Waals surface area contributed by atoms with Crippen molar-refractivity contribution in [3.05, 3.63) is 0 Å². The van der Waals surface area contributed by atoms with Crippen molar-refractivity contribution in [1.29, 1.82) is 0 Å². The van der Waals surface area contributed by atoms with Gasteiger partial charge in [0.05, 0.1) is 13.2 Å². The molecule has 0 aromatic rings. The highest BCUT2D eigenvalue weighted by atomic mass is 16.5. The van der Waals surface area contributed by atoms with E-state index in [0.717, 1.165) is 25.8 Å². The molecule has 17 heavy (non-hydrogen) atoms. The lowest BCUT2D eigenvalue weighted by atomic mass is 9.83. The average molecular weight is 243 g/mol. The van der Waals surface area contributed by atoms with Crippen LogP contribution >= 0.6 is 0 Å². The smallest absolute Gasteiger partial charge is 0.376 e. The fourth-order valence-corrected chi connectivity index (χ4v) is 2.41. The summed E-state index contributed by atoms with van der Waals surface area (Å²) >= 11 is 0. The predicted octanol–water partition coefficient (Wildman–Crippen LogP) is 0.265. The zero-order valence-electron chi connectivity index (χ0n) is 10.6. The van der Waals surface area contributed by atoms with Crippen LogP contribution in [0.25, 0.3) is 0 Å². The summed E-state index contributed by atoms with van der Waals surface area (Å²) in [4.78, 5) is 12.8. The van der Waals surface area contributed by atoms with Crippen molar-refractivity contribution in [2.45, 2.75) is 51.1 Å². The van der Waals surface area contributed by atoms with E-state index in [4.69, 9.17) is 0 Å². The summed E-state index contributed by atoms with van der Waals surface area (Å²) in [5, 5.41) is 19.4. The number of esters is 1. The topological polar surface area (TPSA) is 70.0 Å². The van der Waals surface area contributed by atoms with Crippen molar-refractivity contribution in [2.24, 2.45) is 0 Å². The van der Waals surface area contributed by atoms with Gasteiger partial charge < -0.3 is 19.7 Å². The summed E-state index contributed by atoms with van der Waals surface area (Å²) < 4.78 is 4.56. The first-order valence-corrected chi connectivity index (χ1v) is 6.25. The molecule has 2 N–H and O–H groups in total. The van der Waals surface area contributed by atoms with Crippen molar-refractivity contribution in [3.8, 4) is 0 Å². The van der Waals surface area contributed by atoms with Crippen molar-refractivity contribution in [3.63, 3.8) is 0 Å². The van der Waals surface area contributed by atoms with Crippen molar-refractivity contribution in [1.82, 2.24) is 4.81 Å². The fraction of sp³-hybridized carbons (Fsp3) is 0.909. The molecule has 1 heterocycles. The quantitative estimate of drug-likeness (QED) is 0.398. The van der Waals surface area contributed by atoms with Gasteiger partial charge in [-0.15, -0.1) is 0 Å². The minimum Gasteiger partial charge on any atom is -0.469 e. The second-order valence-corrected chi connectivity index (χ2v) is 4.61. The molecule has 2 atom stereocenters. The highest BCUT2D eigenvalue weighted by Crippen LogP contribution is 2.23. The minimum absolute atomic E-state index is 0.0210. The molecule has 0 aliphatic carbocycles. The number of hydrogen-bond acceptors (Lipinski definition) is 5. The number of rotatable bonds is 6. The Balaban J connectivity index is 2.26. The molecule has 1 saturated heterocycles. The van der Waals surface area contributed by atoms with Crippen molar-refractivity contribution in [2.75, 3.05) is 13.7 Å². The normalized spacial score (nSPS) is 24.9. The number of ether oxygens (including phenoxy) is 1. The van der Waals surface area contributed by atoms with Crippen LogP contribution in [0.5, 0.6) is 0 Å². The molecule has 1 unspecified atom stereocenters. The molecule has 0 bridgehead atoms. The molecule has 5 nitrogen and oxygen atoms in total. The number of nitrogens with zero attached hydrogens (tertiary/aromatic N) is 1. The van der Waals surface area contributed by atoms with E-state index in [-0.39, 0.29) is 18.1 Å². The third kappa shape index (κ3) is 4.29. The monoisotopic (exact) mass is 243 g/mol. The van der Waals surface area contributed by atoms with Gasteiger partial charge in [0.15, 0.2) is 0 Å². The number of hydrogen-bond donors (Lipinski definition) is 2. The third-order valence-corrected chi connectivity index (χ3v) is 3.39. The van der Waals surface area contributed by atoms with E-state index in [2.05, 4.69) is 4.74 Å². The Morgan fingerprint density at radius 3 is 2.82 bits per heavy atom. The first-order chi connectivity index (χ1) is 8.06. The first kappa shape index (κ1) is 14.5. The molecular formula is C11H22BNO4. The molecule has 0 saturated carbocycles. The van der Waals surface area contributed by atoms with Crippen LogP contribution in [0.15, 0.2) is 0 Å². The Labute approximate surface area is 103 Å². The summed E-state index contributed by atoms with van der Waals surface area (Å²) in [6, 6.07) is 0.0210. The Kier molecular flexibility index (Phi) is 5.95. The van der Waals surface area contributed by atoms with Crippen molar-refractivity contribution < 1.29 is 19.7 Å². The van der Waals surface area contributed by atoms with E-state index < -0.39 is 7.05 Å². The second kappa shape index (κ2) is 6.98. The lowest BCUT2D eigenvalue weighted by Crippen LogP contribution is -2.43. The Morgan fingerprint density at radius 1 is 1.53 bits per heavy atom. The maximum Gasteiger partial charge on any atom is 0.376 e. The van der Waals surface area contributed by atoms with Gasteiger partial charge >= 0.3 is 13.0 Å². The second-order valence-electron chi connectivity index (χ2n) is 4.61. The molecule has 1 rings (SSSR count). The number of carbonyl (C=O) groups is 1. The van der Waals surface area contributed by atoms with Crippen LogP contribution in [0.4, 0.5) is 0 Å². The van der Waals surface area contributed by atoms with Crippen LogP contribution in [0.1, 0.15) is 32.1 Å². The molecule has 0 radical (unpaired) electrons. The summed E-state index contributed by atoms with van der Waals surface area (Å²) in [6.45, 7) is 2.46. The molecule has 1 aliphatic rings. The highest BCUT2D eigenvalue weighted by molar-refractivity contribution is 6.45. The van der Waals surface area contributed by atoms with E-state index in [1.165, 1.54) is 7.11 Å². The Bertz CT molecular complexity index is 250. The maximum absolute atomic E-state index is 10.9. The third-order valence-electron chi connectivity index (χ3n) is 3.39. The van der Waals surface area contributed by atoms with Crippen LogP contribution in [0.2, 0.25) is 6.82 Å². The first-order valence-electron chi connectivity index (χ1n) is 6.25. The van der Waals surface area contributed by atoms with Gasteiger partial charge in [-0.25, -0.2) is 0 Å². The molecule has 1 aliphatic heterocycles. The largest absolute Gasteiger partial charge is 0.469 e. The number of aliphatic hydroxyl groups is 1. The number of unbranched alkanes of at least 4 members (excludes halogenated alkanes) is 1. The van der Waals surface area contributed by atoms with Crippen LogP contribution in [-0.4, -0.2) is 53.8 Å².